The summed E-state index contributed by atoms with van der Waals surface area (Å²) in [6.45, 7) is 4.23. The highest BCUT2D eigenvalue weighted by molar-refractivity contribution is 7.16. The minimum Gasteiger partial charge on any atom is -0.449 e. The Morgan fingerprint density at radius 1 is 1.50 bits per heavy atom. The zero-order chi connectivity index (χ0) is 15.7. The van der Waals surface area contributed by atoms with E-state index in [2.05, 4.69) is 17.2 Å². The van der Waals surface area contributed by atoms with Crippen molar-refractivity contribution in [1.82, 2.24) is 10.3 Å². The standard InChI is InChI=1S/C16H21ClN2O2S/c1-9-5-12(16-11(3-4-20)7-15(17)22-16)6-13(18-9)14-8-21-10(2)19-14/h7-9,12-13,18,20H,3-6H2,1-2H3. The number of aromatic nitrogens is 1. The van der Waals surface area contributed by atoms with E-state index in [9.17, 15) is 5.11 Å². The fourth-order valence-electron chi connectivity index (χ4n) is 3.32. The lowest BCUT2D eigenvalue weighted by Gasteiger charge is -2.34. The maximum Gasteiger partial charge on any atom is 0.191 e. The largest absolute Gasteiger partial charge is 0.449 e. The molecular weight excluding hydrogens is 320 g/mol. The van der Waals surface area contributed by atoms with Crippen LogP contribution in [0.3, 0.4) is 0 Å². The molecule has 0 aliphatic carbocycles. The Hall–Kier alpha value is -0.880. The van der Waals surface area contributed by atoms with Crippen LogP contribution in [-0.2, 0) is 6.42 Å². The number of hydrogen-bond acceptors (Lipinski definition) is 5. The lowest BCUT2D eigenvalue weighted by atomic mass is 9.85. The molecule has 1 aliphatic heterocycles. The summed E-state index contributed by atoms with van der Waals surface area (Å²) in [7, 11) is 0. The van der Waals surface area contributed by atoms with Gasteiger partial charge in [-0.15, -0.1) is 11.3 Å². The van der Waals surface area contributed by atoms with Crippen LogP contribution in [0.2, 0.25) is 4.34 Å². The van der Waals surface area contributed by atoms with Gasteiger partial charge in [0, 0.05) is 24.4 Å². The molecule has 3 unspecified atom stereocenters. The third-order valence-electron chi connectivity index (χ3n) is 4.20. The minimum absolute atomic E-state index is 0.159. The molecule has 3 heterocycles. The normalized spacial score (nSPS) is 25.5. The van der Waals surface area contributed by atoms with E-state index in [-0.39, 0.29) is 12.6 Å². The first-order valence-electron chi connectivity index (χ1n) is 7.64. The number of thiophene rings is 1. The van der Waals surface area contributed by atoms with Crippen LogP contribution in [0.5, 0.6) is 0 Å². The summed E-state index contributed by atoms with van der Waals surface area (Å²) in [6, 6.07) is 2.61. The topological polar surface area (TPSA) is 58.3 Å². The summed E-state index contributed by atoms with van der Waals surface area (Å²) in [5, 5.41) is 12.9. The summed E-state index contributed by atoms with van der Waals surface area (Å²) in [4.78, 5) is 5.79. The van der Waals surface area contributed by atoms with Crippen LogP contribution in [0.15, 0.2) is 16.7 Å². The zero-order valence-electron chi connectivity index (χ0n) is 12.8. The Bertz CT molecular complexity index is 640. The van der Waals surface area contributed by atoms with Gasteiger partial charge in [-0.2, -0.15) is 0 Å². The molecule has 120 valence electrons. The summed E-state index contributed by atoms with van der Waals surface area (Å²) < 4.78 is 6.16. The first-order valence-corrected chi connectivity index (χ1v) is 8.83. The molecule has 2 aromatic rings. The summed E-state index contributed by atoms with van der Waals surface area (Å²) in [6.07, 6.45) is 4.47. The van der Waals surface area contributed by atoms with Gasteiger partial charge in [0.15, 0.2) is 5.89 Å². The van der Waals surface area contributed by atoms with Gasteiger partial charge >= 0.3 is 0 Å². The fraction of sp³-hybridized carbons (Fsp3) is 0.562. The van der Waals surface area contributed by atoms with Crippen LogP contribution in [0.1, 0.15) is 53.8 Å². The van der Waals surface area contributed by atoms with Gasteiger partial charge < -0.3 is 14.8 Å². The molecule has 1 fully saturated rings. The summed E-state index contributed by atoms with van der Waals surface area (Å²) >= 11 is 7.86. The van der Waals surface area contributed by atoms with Crippen LogP contribution in [0, 0.1) is 6.92 Å². The zero-order valence-corrected chi connectivity index (χ0v) is 14.4. The predicted molar refractivity (Wildman–Crippen MR) is 88.7 cm³/mol. The van der Waals surface area contributed by atoms with Crippen molar-refractivity contribution in [3.05, 3.63) is 38.7 Å². The molecule has 1 aliphatic rings. The second-order valence-corrected chi connectivity index (χ2v) is 7.71. The first kappa shape index (κ1) is 16.0. The van der Waals surface area contributed by atoms with Crippen molar-refractivity contribution in [3.8, 4) is 0 Å². The average Bonchev–Trinajstić information content (AvgIpc) is 3.05. The number of aliphatic hydroxyl groups is 1. The Morgan fingerprint density at radius 3 is 3.00 bits per heavy atom. The molecule has 22 heavy (non-hydrogen) atoms. The van der Waals surface area contributed by atoms with Gasteiger partial charge in [-0.25, -0.2) is 4.98 Å². The Kier molecular flexibility index (Phi) is 4.88. The second kappa shape index (κ2) is 6.71. The van der Waals surface area contributed by atoms with E-state index in [4.69, 9.17) is 16.0 Å². The number of rotatable bonds is 4. The second-order valence-electron chi connectivity index (χ2n) is 5.99. The van der Waals surface area contributed by atoms with E-state index in [1.165, 1.54) is 10.4 Å². The van der Waals surface area contributed by atoms with Crippen molar-refractivity contribution in [2.24, 2.45) is 0 Å². The molecule has 2 aromatic heterocycles. The lowest BCUT2D eigenvalue weighted by Crippen LogP contribution is -2.38. The first-order chi connectivity index (χ1) is 10.6. The van der Waals surface area contributed by atoms with Gasteiger partial charge in [-0.3, -0.25) is 0 Å². The van der Waals surface area contributed by atoms with Gasteiger partial charge in [-0.05, 0) is 43.7 Å². The number of oxazole rings is 1. The summed E-state index contributed by atoms with van der Waals surface area (Å²) in [5.74, 6) is 1.14. The van der Waals surface area contributed by atoms with E-state index in [0.717, 1.165) is 22.9 Å². The van der Waals surface area contributed by atoms with Crippen LogP contribution >= 0.6 is 22.9 Å². The molecule has 0 radical (unpaired) electrons. The van der Waals surface area contributed by atoms with Gasteiger partial charge in [0.25, 0.3) is 0 Å². The van der Waals surface area contributed by atoms with E-state index in [1.807, 2.05) is 13.0 Å². The van der Waals surface area contributed by atoms with Crippen molar-refractivity contribution < 1.29 is 9.52 Å². The number of piperidine rings is 1. The molecule has 3 atom stereocenters. The maximum atomic E-state index is 9.26. The van der Waals surface area contributed by atoms with Crippen LogP contribution in [-0.4, -0.2) is 22.7 Å². The molecule has 2 N–H and O–H groups in total. The third-order valence-corrected chi connectivity index (χ3v) is 5.67. The van der Waals surface area contributed by atoms with E-state index < -0.39 is 0 Å². The molecule has 0 aromatic carbocycles. The number of nitrogens with one attached hydrogen (secondary N) is 1. The highest BCUT2D eigenvalue weighted by atomic mass is 35.5. The molecule has 1 saturated heterocycles. The quantitative estimate of drug-likeness (QED) is 0.888. The number of aliphatic hydroxyl groups excluding tert-OH is 1. The fourth-order valence-corrected chi connectivity index (χ4v) is 4.76. The molecule has 6 heteroatoms. The minimum atomic E-state index is 0.159. The molecule has 0 saturated carbocycles. The van der Waals surface area contributed by atoms with E-state index >= 15 is 0 Å². The molecule has 0 spiro atoms. The highest BCUT2D eigenvalue weighted by Crippen LogP contribution is 2.42. The van der Waals surface area contributed by atoms with Gasteiger partial charge in [-0.1, -0.05) is 11.6 Å². The van der Waals surface area contributed by atoms with Gasteiger partial charge in [0.2, 0.25) is 0 Å². The van der Waals surface area contributed by atoms with Crippen molar-refractivity contribution in [2.45, 2.75) is 51.1 Å². The molecule has 0 amide bonds. The molecule has 4 nitrogen and oxygen atoms in total. The smallest absolute Gasteiger partial charge is 0.191 e. The number of aryl methyl sites for hydroxylation is 1. The molecule has 0 bridgehead atoms. The Morgan fingerprint density at radius 2 is 2.32 bits per heavy atom. The van der Waals surface area contributed by atoms with Crippen LogP contribution < -0.4 is 5.32 Å². The number of halogens is 1. The van der Waals surface area contributed by atoms with Crippen molar-refractivity contribution in [3.63, 3.8) is 0 Å². The SMILES string of the molecule is Cc1nc(C2CC(c3sc(Cl)cc3CCO)CC(C)N2)co1. The average molecular weight is 341 g/mol. The van der Waals surface area contributed by atoms with Crippen molar-refractivity contribution in [2.75, 3.05) is 6.61 Å². The third kappa shape index (κ3) is 3.38. The highest BCUT2D eigenvalue weighted by Gasteiger charge is 2.31. The van der Waals surface area contributed by atoms with Gasteiger partial charge in [0.05, 0.1) is 16.1 Å². The van der Waals surface area contributed by atoms with Gasteiger partial charge in [0.1, 0.15) is 6.26 Å². The van der Waals surface area contributed by atoms with Crippen molar-refractivity contribution in [1.29, 1.82) is 0 Å². The Labute approximate surface area is 139 Å². The van der Waals surface area contributed by atoms with Crippen LogP contribution in [0.25, 0.3) is 0 Å². The lowest BCUT2D eigenvalue weighted by molar-refractivity contribution is 0.293. The maximum absolute atomic E-state index is 9.26. The van der Waals surface area contributed by atoms with E-state index in [1.54, 1.807) is 17.6 Å². The van der Waals surface area contributed by atoms with Crippen LogP contribution in [0.4, 0.5) is 0 Å². The Balaban J connectivity index is 1.84. The predicted octanol–water partition coefficient (Wildman–Crippen LogP) is 3.83. The summed E-state index contributed by atoms with van der Waals surface area (Å²) in [5.41, 5.74) is 2.16. The van der Waals surface area contributed by atoms with E-state index in [0.29, 0.717) is 24.3 Å². The number of hydrogen-bond donors (Lipinski definition) is 2. The molecular formula is C16H21ClN2O2S. The monoisotopic (exact) mass is 340 g/mol. The molecule has 3 rings (SSSR count). The van der Waals surface area contributed by atoms with Crippen molar-refractivity contribution >= 4 is 22.9 Å². The number of nitrogens with zero attached hydrogens (tertiary/aromatic N) is 1.